The third-order valence-corrected chi connectivity index (χ3v) is 7.08. The summed E-state index contributed by atoms with van der Waals surface area (Å²) in [6.45, 7) is 7.07. The van der Waals surface area contributed by atoms with Gasteiger partial charge in [0.1, 0.15) is 0 Å². The van der Waals surface area contributed by atoms with Crippen molar-refractivity contribution in [3.05, 3.63) is 58.7 Å². The fourth-order valence-corrected chi connectivity index (χ4v) is 5.79. The second-order valence-corrected chi connectivity index (χ2v) is 8.56. The Morgan fingerprint density at radius 2 is 1.81 bits per heavy atom. The van der Waals surface area contributed by atoms with E-state index in [1.807, 2.05) is 0 Å². The molecule has 0 radical (unpaired) electrons. The monoisotopic (exact) mass is 345 g/mol. The molecule has 0 saturated carbocycles. The van der Waals surface area contributed by atoms with Gasteiger partial charge in [-0.15, -0.1) is 0 Å². The summed E-state index contributed by atoms with van der Waals surface area (Å²) in [6.07, 6.45) is 3.73. The molecule has 4 aliphatic rings. The highest BCUT2D eigenvalue weighted by atomic mass is 15.2. The number of hydrogen-bond donors (Lipinski definition) is 1. The molecule has 0 aliphatic carbocycles. The summed E-state index contributed by atoms with van der Waals surface area (Å²) < 4.78 is 0. The van der Waals surface area contributed by atoms with Crippen LogP contribution in [0.3, 0.4) is 0 Å². The van der Waals surface area contributed by atoms with Crippen LogP contribution in [-0.2, 0) is 19.4 Å². The van der Waals surface area contributed by atoms with E-state index in [1.54, 1.807) is 16.8 Å². The molecule has 6 rings (SSSR count). The van der Waals surface area contributed by atoms with Crippen molar-refractivity contribution in [3.8, 4) is 0 Å². The van der Waals surface area contributed by atoms with Crippen LogP contribution in [0.2, 0.25) is 0 Å². The van der Waals surface area contributed by atoms with Crippen LogP contribution in [0, 0.1) is 5.92 Å². The second-order valence-electron chi connectivity index (χ2n) is 8.56. The zero-order valence-corrected chi connectivity index (χ0v) is 15.4. The van der Waals surface area contributed by atoms with E-state index in [9.17, 15) is 0 Å². The Balaban J connectivity index is 1.42. The molecule has 1 N–H and O–H groups in total. The van der Waals surface area contributed by atoms with Crippen molar-refractivity contribution >= 4 is 11.4 Å². The quantitative estimate of drug-likeness (QED) is 0.855. The van der Waals surface area contributed by atoms with Crippen LogP contribution in [0.5, 0.6) is 0 Å². The van der Waals surface area contributed by atoms with Crippen molar-refractivity contribution in [2.45, 2.75) is 31.7 Å². The zero-order valence-electron chi connectivity index (χ0n) is 15.4. The predicted molar refractivity (Wildman–Crippen MR) is 107 cm³/mol. The van der Waals surface area contributed by atoms with Crippen LogP contribution < -0.4 is 15.1 Å². The van der Waals surface area contributed by atoms with Crippen molar-refractivity contribution in [1.82, 2.24) is 5.32 Å². The fraction of sp³-hybridized carbons (Fsp3) is 0.478. The van der Waals surface area contributed by atoms with Gasteiger partial charge >= 0.3 is 0 Å². The van der Waals surface area contributed by atoms with Crippen LogP contribution in [0.4, 0.5) is 11.4 Å². The molecular formula is C23H27N3. The first-order chi connectivity index (χ1) is 12.9. The SMILES string of the molecule is c1ccc2c(c1)CCN(c1cc3c4c(c1)[C@@H]1CNC[C@@H]1CN4CCC3)C2. The maximum Gasteiger partial charge on any atom is 0.0436 e. The first kappa shape index (κ1) is 15.1. The van der Waals surface area contributed by atoms with Gasteiger partial charge < -0.3 is 15.1 Å². The van der Waals surface area contributed by atoms with Crippen molar-refractivity contribution in [1.29, 1.82) is 0 Å². The Morgan fingerprint density at radius 3 is 2.77 bits per heavy atom. The Hall–Kier alpha value is -2.00. The molecule has 0 bridgehead atoms. The molecule has 1 fully saturated rings. The van der Waals surface area contributed by atoms with Gasteiger partial charge in [-0.25, -0.2) is 0 Å². The van der Waals surface area contributed by atoms with Crippen LogP contribution in [0.25, 0.3) is 0 Å². The summed E-state index contributed by atoms with van der Waals surface area (Å²) in [5, 5.41) is 3.66. The van der Waals surface area contributed by atoms with E-state index in [0.717, 1.165) is 31.5 Å². The number of aryl methyl sites for hydroxylation is 1. The minimum absolute atomic E-state index is 0.718. The molecule has 4 aliphatic heterocycles. The van der Waals surface area contributed by atoms with Gasteiger partial charge in [0.05, 0.1) is 0 Å². The molecule has 26 heavy (non-hydrogen) atoms. The van der Waals surface area contributed by atoms with Crippen LogP contribution in [0.15, 0.2) is 36.4 Å². The number of nitrogens with one attached hydrogen (secondary N) is 1. The number of nitrogens with zero attached hydrogens (tertiary/aromatic N) is 2. The lowest BCUT2D eigenvalue weighted by atomic mass is 9.80. The summed E-state index contributed by atoms with van der Waals surface area (Å²) >= 11 is 0. The van der Waals surface area contributed by atoms with Crippen molar-refractivity contribution in [3.63, 3.8) is 0 Å². The third kappa shape index (κ3) is 2.23. The largest absolute Gasteiger partial charge is 0.371 e. The fourth-order valence-electron chi connectivity index (χ4n) is 5.79. The molecule has 0 aromatic heterocycles. The maximum absolute atomic E-state index is 3.66. The van der Waals surface area contributed by atoms with Gasteiger partial charge in [-0.05, 0) is 59.6 Å². The van der Waals surface area contributed by atoms with Crippen molar-refractivity contribution < 1.29 is 0 Å². The Labute approximate surface area is 156 Å². The van der Waals surface area contributed by atoms with Crippen LogP contribution >= 0.6 is 0 Å². The molecule has 0 spiro atoms. The van der Waals surface area contributed by atoms with E-state index in [2.05, 4.69) is 51.5 Å². The third-order valence-electron chi connectivity index (χ3n) is 7.08. The van der Waals surface area contributed by atoms with Crippen molar-refractivity contribution in [2.24, 2.45) is 5.92 Å². The summed E-state index contributed by atoms with van der Waals surface area (Å²) in [5.41, 5.74) is 9.34. The van der Waals surface area contributed by atoms with Crippen LogP contribution in [0.1, 0.15) is 34.6 Å². The number of rotatable bonds is 1. The van der Waals surface area contributed by atoms with Crippen LogP contribution in [-0.4, -0.2) is 32.7 Å². The average molecular weight is 345 g/mol. The normalized spacial score (nSPS) is 26.3. The molecule has 1 saturated heterocycles. The lowest BCUT2D eigenvalue weighted by molar-refractivity contribution is 0.470. The predicted octanol–water partition coefficient (Wildman–Crippen LogP) is 3.32. The second kappa shape index (κ2) is 5.75. The van der Waals surface area contributed by atoms with E-state index in [1.165, 1.54) is 55.7 Å². The summed E-state index contributed by atoms with van der Waals surface area (Å²) in [7, 11) is 0. The highest BCUT2D eigenvalue weighted by Gasteiger charge is 2.39. The number of anilines is 2. The van der Waals surface area contributed by atoms with E-state index in [-0.39, 0.29) is 0 Å². The Morgan fingerprint density at radius 1 is 0.885 bits per heavy atom. The Bertz CT molecular complexity index is 859. The molecule has 2 aromatic rings. The molecule has 0 unspecified atom stereocenters. The van der Waals surface area contributed by atoms with Gasteiger partial charge in [-0.2, -0.15) is 0 Å². The van der Waals surface area contributed by atoms with Gasteiger partial charge in [0.15, 0.2) is 0 Å². The first-order valence-electron chi connectivity index (χ1n) is 10.3. The van der Waals surface area contributed by atoms with E-state index in [0.29, 0.717) is 0 Å². The lowest BCUT2D eigenvalue weighted by Gasteiger charge is -2.43. The topological polar surface area (TPSA) is 18.5 Å². The minimum atomic E-state index is 0.718. The Kier molecular flexibility index (Phi) is 3.34. The average Bonchev–Trinajstić information content (AvgIpc) is 3.16. The summed E-state index contributed by atoms with van der Waals surface area (Å²) in [5.74, 6) is 1.51. The lowest BCUT2D eigenvalue weighted by Crippen LogP contribution is -2.41. The molecule has 2 atom stereocenters. The molecule has 4 heterocycles. The first-order valence-corrected chi connectivity index (χ1v) is 10.3. The van der Waals surface area contributed by atoms with Gasteiger partial charge in [0, 0.05) is 56.6 Å². The minimum Gasteiger partial charge on any atom is -0.371 e. The molecular weight excluding hydrogens is 318 g/mol. The number of hydrogen-bond acceptors (Lipinski definition) is 3. The summed E-state index contributed by atoms with van der Waals surface area (Å²) in [6, 6.07) is 14.0. The molecule has 0 amide bonds. The zero-order chi connectivity index (χ0) is 17.1. The molecule has 134 valence electrons. The number of benzene rings is 2. The van der Waals surface area contributed by atoms with E-state index >= 15 is 0 Å². The van der Waals surface area contributed by atoms with Gasteiger partial charge in [0.25, 0.3) is 0 Å². The smallest absolute Gasteiger partial charge is 0.0436 e. The molecule has 2 aromatic carbocycles. The highest BCUT2D eigenvalue weighted by Crippen LogP contribution is 2.46. The van der Waals surface area contributed by atoms with E-state index < -0.39 is 0 Å². The van der Waals surface area contributed by atoms with Gasteiger partial charge in [-0.1, -0.05) is 24.3 Å². The maximum atomic E-state index is 3.66. The van der Waals surface area contributed by atoms with Gasteiger partial charge in [0.2, 0.25) is 0 Å². The highest BCUT2D eigenvalue weighted by molar-refractivity contribution is 5.71. The standard InChI is InChI=1S/C23H27N3/c1-2-5-18-14-25(9-7-16(18)4-1)20-10-17-6-3-8-26-15-19-12-24-13-22(19)21(11-20)23(17)26/h1-2,4-5,10-11,19,22,24H,3,6-9,12-15H2/t19-,22-/m1/s1. The summed E-state index contributed by atoms with van der Waals surface area (Å²) in [4.78, 5) is 5.31. The molecule has 3 nitrogen and oxygen atoms in total. The molecule has 3 heteroatoms. The van der Waals surface area contributed by atoms with Crippen molar-refractivity contribution in [2.75, 3.05) is 42.5 Å². The number of fused-ring (bicyclic) bond motifs is 3. The van der Waals surface area contributed by atoms with Gasteiger partial charge in [-0.3, -0.25) is 0 Å². The van der Waals surface area contributed by atoms with E-state index in [4.69, 9.17) is 0 Å².